The van der Waals surface area contributed by atoms with Gasteiger partial charge in [-0.05, 0) is 38.4 Å². The third kappa shape index (κ3) is 4.11. The predicted octanol–water partition coefficient (Wildman–Crippen LogP) is 2.34. The van der Waals surface area contributed by atoms with E-state index in [-0.39, 0.29) is 11.5 Å². The van der Waals surface area contributed by atoms with Gasteiger partial charge < -0.3 is 10.6 Å². The Morgan fingerprint density at radius 1 is 1.33 bits per heavy atom. The van der Waals surface area contributed by atoms with Crippen LogP contribution in [0, 0.1) is 12.7 Å². The molecular weight excluding hydrogens is 231 g/mol. The van der Waals surface area contributed by atoms with Crippen LogP contribution in [0.2, 0.25) is 0 Å². The van der Waals surface area contributed by atoms with Gasteiger partial charge in [0, 0.05) is 13.6 Å². The van der Waals surface area contributed by atoms with Crippen LogP contribution in [0.5, 0.6) is 0 Å². The lowest BCUT2D eigenvalue weighted by Gasteiger charge is -2.17. The Bertz CT molecular complexity index is 407. The maximum absolute atomic E-state index is 13.6. The summed E-state index contributed by atoms with van der Waals surface area (Å²) in [6, 6.07) is 4.59. The first-order valence-electron chi connectivity index (χ1n) is 6.28. The molecule has 18 heavy (non-hydrogen) atoms. The fourth-order valence-electron chi connectivity index (χ4n) is 1.78. The molecule has 1 amide bonds. The van der Waals surface area contributed by atoms with Gasteiger partial charge in [-0.15, -0.1) is 0 Å². The van der Waals surface area contributed by atoms with Crippen molar-refractivity contribution in [2.45, 2.75) is 26.2 Å². The number of nitrogens with two attached hydrogens (primary N) is 1. The molecule has 0 bridgehead atoms. The minimum Gasteiger partial charge on any atom is -0.342 e. The Morgan fingerprint density at radius 2 is 2.06 bits per heavy atom. The Kier molecular flexibility index (Phi) is 5.78. The summed E-state index contributed by atoms with van der Waals surface area (Å²) in [7, 11) is 1.70. The lowest BCUT2D eigenvalue weighted by atomic mass is 10.1. The molecule has 100 valence electrons. The van der Waals surface area contributed by atoms with E-state index in [0.29, 0.717) is 13.1 Å². The molecule has 0 saturated heterocycles. The van der Waals surface area contributed by atoms with Gasteiger partial charge in [-0.3, -0.25) is 4.79 Å². The average Bonchev–Trinajstić information content (AvgIpc) is 2.36. The molecule has 0 aromatic heterocycles. The fourth-order valence-corrected chi connectivity index (χ4v) is 1.78. The fraction of sp³-hybridized carbons (Fsp3) is 0.500. The molecule has 0 radical (unpaired) electrons. The summed E-state index contributed by atoms with van der Waals surface area (Å²) in [5.41, 5.74) is 6.44. The van der Waals surface area contributed by atoms with Crippen LogP contribution in [0.1, 0.15) is 35.2 Å². The van der Waals surface area contributed by atoms with Crippen molar-refractivity contribution < 1.29 is 9.18 Å². The van der Waals surface area contributed by atoms with Gasteiger partial charge in [0.15, 0.2) is 0 Å². The summed E-state index contributed by atoms with van der Waals surface area (Å²) >= 11 is 0. The molecule has 1 aromatic carbocycles. The SMILES string of the molecule is Cc1ccc(F)c(C(=O)N(C)CCCCCN)c1. The number of amides is 1. The number of halogens is 1. The second-order valence-electron chi connectivity index (χ2n) is 4.56. The van der Waals surface area contributed by atoms with E-state index >= 15 is 0 Å². The highest BCUT2D eigenvalue weighted by Crippen LogP contribution is 2.12. The van der Waals surface area contributed by atoms with Crippen LogP contribution in [0.15, 0.2) is 18.2 Å². The van der Waals surface area contributed by atoms with Crippen LogP contribution in [0.25, 0.3) is 0 Å². The molecule has 4 heteroatoms. The third-order valence-electron chi connectivity index (χ3n) is 2.90. The zero-order valence-electron chi connectivity index (χ0n) is 11.1. The molecule has 0 aliphatic carbocycles. The van der Waals surface area contributed by atoms with Crippen molar-refractivity contribution in [2.75, 3.05) is 20.1 Å². The van der Waals surface area contributed by atoms with Gasteiger partial charge in [-0.2, -0.15) is 0 Å². The maximum atomic E-state index is 13.6. The minimum atomic E-state index is -0.459. The summed E-state index contributed by atoms with van der Waals surface area (Å²) in [5.74, 6) is -0.719. The van der Waals surface area contributed by atoms with Crippen molar-refractivity contribution in [3.05, 3.63) is 35.1 Å². The van der Waals surface area contributed by atoms with E-state index in [1.807, 2.05) is 6.92 Å². The number of carbonyl (C=O) groups is 1. The van der Waals surface area contributed by atoms with Crippen molar-refractivity contribution in [2.24, 2.45) is 5.73 Å². The summed E-state index contributed by atoms with van der Waals surface area (Å²) in [6.45, 7) is 3.15. The van der Waals surface area contributed by atoms with E-state index in [1.165, 1.54) is 6.07 Å². The van der Waals surface area contributed by atoms with Gasteiger partial charge in [0.25, 0.3) is 5.91 Å². The lowest BCUT2D eigenvalue weighted by Crippen LogP contribution is -2.28. The highest BCUT2D eigenvalue weighted by molar-refractivity contribution is 5.94. The molecular formula is C14H21FN2O. The van der Waals surface area contributed by atoms with Crippen LogP contribution in [0.4, 0.5) is 4.39 Å². The van der Waals surface area contributed by atoms with Gasteiger partial charge in [-0.25, -0.2) is 4.39 Å². The number of nitrogens with zero attached hydrogens (tertiary/aromatic N) is 1. The van der Waals surface area contributed by atoms with Crippen molar-refractivity contribution in [3.63, 3.8) is 0 Å². The molecule has 0 unspecified atom stereocenters. The Morgan fingerprint density at radius 3 is 2.72 bits per heavy atom. The van der Waals surface area contributed by atoms with Crippen molar-refractivity contribution in [1.29, 1.82) is 0 Å². The number of carbonyl (C=O) groups excluding carboxylic acids is 1. The highest BCUT2D eigenvalue weighted by atomic mass is 19.1. The number of unbranched alkanes of at least 4 members (excludes halogenated alkanes) is 2. The number of aryl methyl sites for hydroxylation is 1. The van der Waals surface area contributed by atoms with Gasteiger partial charge in [-0.1, -0.05) is 18.1 Å². The molecule has 0 heterocycles. The molecule has 1 rings (SSSR count). The first-order chi connectivity index (χ1) is 8.56. The zero-order valence-corrected chi connectivity index (χ0v) is 11.1. The van der Waals surface area contributed by atoms with E-state index in [9.17, 15) is 9.18 Å². The second kappa shape index (κ2) is 7.11. The number of benzene rings is 1. The molecule has 2 N–H and O–H groups in total. The predicted molar refractivity (Wildman–Crippen MR) is 71.0 cm³/mol. The molecule has 1 aromatic rings. The minimum absolute atomic E-state index is 0.149. The maximum Gasteiger partial charge on any atom is 0.256 e. The summed E-state index contributed by atoms with van der Waals surface area (Å²) in [4.78, 5) is 13.6. The van der Waals surface area contributed by atoms with Crippen LogP contribution in [0.3, 0.4) is 0 Å². The zero-order chi connectivity index (χ0) is 13.5. The molecule has 0 saturated carbocycles. The number of hydrogen-bond donors (Lipinski definition) is 1. The molecule has 3 nitrogen and oxygen atoms in total. The Balaban J connectivity index is 2.60. The first kappa shape index (κ1) is 14.6. The Hall–Kier alpha value is -1.42. The van der Waals surface area contributed by atoms with Crippen molar-refractivity contribution in [1.82, 2.24) is 4.90 Å². The number of hydrogen-bond acceptors (Lipinski definition) is 2. The third-order valence-corrected chi connectivity index (χ3v) is 2.90. The first-order valence-corrected chi connectivity index (χ1v) is 6.28. The van der Waals surface area contributed by atoms with Crippen LogP contribution in [-0.2, 0) is 0 Å². The van der Waals surface area contributed by atoms with E-state index in [1.54, 1.807) is 24.1 Å². The van der Waals surface area contributed by atoms with E-state index < -0.39 is 5.82 Å². The largest absolute Gasteiger partial charge is 0.342 e. The number of rotatable bonds is 6. The molecule has 0 fully saturated rings. The van der Waals surface area contributed by atoms with Gasteiger partial charge >= 0.3 is 0 Å². The van der Waals surface area contributed by atoms with Crippen molar-refractivity contribution >= 4 is 5.91 Å². The molecule has 0 aliphatic heterocycles. The van der Waals surface area contributed by atoms with Crippen LogP contribution < -0.4 is 5.73 Å². The molecule has 0 atom stereocenters. The standard InChI is InChI=1S/C14H21FN2O/c1-11-6-7-13(15)12(10-11)14(18)17(2)9-5-3-4-8-16/h6-7,10H,3-5,8-9,16H2,1-2H3. The summed E-state index contributed by atoms with van der Waals surface area (Å²) in [5, 5.41) is 0. The van der Waals surface area contributed by atoms with E-state index in [2.05, 4.69) is 0 Å². The van der Waals surface area contributed by atoms with E-state index in [0.717, 1.165) is 24.8 Å². The van der Waals surface area contributed by atoms with Crippen molar-refractivity contribution in [3.8, 4) is 0 Å². The second-order valence-corrected chi connectivity index (χ2v) is 4.56. The van der Waals surface area contributed by atoms with Crippen LogP contribution in [-0.4, -0.2) is 30.9 Å². The van der Waals surface area contributed by atoms with E-state index in [4.69, 9.17) is 5.73 Å². The smallest absolute Gasteiger partial charge is 0.256 e. The molecule has 0 aliphatic rings. The monoisotopic (exact) mass is 252 g/mol. The van der Waals surface area contributed by atoms with Gasteiger partial charge in [0.05, 0.1) is 5.56 Å². The lowest BCUT2D eigenvalue weighted by molar-refractivity contribution is 0.0788. The summed E-state index contributed by atoms with van der Waals surface area (Å²) in [6.07, 6.45) is 2.85. The van der Waals surface area contributed by atoms with Gasteiger partial charge in [0.2, 0.25) is 0 Å². The highest BCUT2D eigenvalue weighted by Gasteiger charge is 2.15. The molecule has 0 spiro atoms. The topological polar surface area (TPSA) is 46.3 Å². The quantitative estimate of drug-likeness (QED) is 0.790. The Labute approximate surface area is 108 Å². The average molecular weight is 252 g/mol. The van der Waals surface area contributed by atoms with Crippen LogP contribution >= 0.6 is 0 Å². The summed E-state index contributed by atoms with van der Waals surface area (Å²) < 4.78 is 13.6. The van der Waals surface area contributed by atoms with Gasteiger partial charge in [0.1, 0.15) is 5.82 Å². The normalized spacial score (nSPS) is 10.4.